The Hall–Kier alpha value is -1.02. The molecule has 2 aliphatic rings. The minimum Gasteiger partial charge on any atom is -0.497 e. The largest absolute Gasteiger partial charge is 0.497 e. The molecule has 0 aliphatic carbocycles. The highest BCUT2D eigenvalue weighted by molar-refractivity contribution is 5.37. The van der Waals surface area contributed by atoms with Crippen LogP contribution in [0.1, 0.15) is 42.7 Å². The second-order valence-electron chi connectivity index (χ2n) is 5.53. The van der Waals surface area contributed by atoms with Crippen LogP contribution >= 0.6 is 0 Å². The molecule has 0 aromatic heterocycles. The van der Waals surface area contributed by atoms with Crippen LogP contribution in [-0.4, -0.2) is 19.2 Å². The van der Waals surface area contributed by atoms with Gasteiger partial charge in [-0.2, -0.15) is 0 Å². The predicted molar refractivity (Wildman–Crippen MR) is 69.7 cm³/mol. The van der Waals surface area contributed by atoms with Crippen LogP contribution in [0, 0.1) is 6.92 Å². The second kappa shape index (κ2) is 4.34. The molecule has 2 saturated heterocycles. The molecule has 2 fully saturated rings. The SMILES string of the molecule is COc1ccc(C2CC3CCC(C2)N3)c(C)c1. The predicted octanol–water partition coefficient (Wildman–Crippen LogP) is 3.00. The monoisotopic (exact) mass is 231 g/mol. The average Bonchev–Trinajstić information content (AvgIpc) is 2.68. The second-order valence-corrected chi connectivity index (χ2v) is 5.53. The van der Waals surface area contributed by atoms with Crippen LogP contribution in [-0.2, 0) is 0 Å². The first-order valence-electron chi connectivity index (χ1n) is 6.67. The zero-order chi connectivity index (χ0) is 11.8. The molecular formula is C15H21NO. The molecule has 0 amide bonds. The molecule has 2 heteroatoms. The molecule has 2 heterocycles. The molecule has 2 aliphatic heterocycles. The fourth-order valence-electron chi connectivity index (χ4n) is 3.54. The molecule has 1 N–H and O–H groups in total. The highest BCUT2D eigenvalue weighted by atomic mass is 16.5. The van der Waals surface area contributed by atoms with Crippen LogP contribution in [0.4, 0.5) is 0 Å². The molecular weight excluding hydrogens is 210 g/mol. The molecule has 17 heavy (non-hydrogen) atoms. The lowest BCUT2D eigenvalue weighted by Gasteiger charge is -2.30. The number of hydrogen-bond donors (Lipinski definition) is 1. The number of hydrogen-bond acceptors (Lipinski definition) is 2. The maximum Gasteiger partial charge on any atom is 0.119 e. The van der Waals surface area contributed by atoms with Crippen molar-refractivity contribution in [3.05, 3.63) is 29.3 Å². The van der Waals surface area contributed by atoms with Gasteiger partial charge in [-0.25, -0.2) is 0 Å². The summed E-state index contributed by atoms with van der Waals surface area (Å²) in [5, 5.41) is 3.71. The lowest BCUT2D eigenvalue weighted by atomic mass is 9.84. The number of ether oxygens (including phenoxy) is 1. The van der Waals surface area contributed by atoms with Gasteiger partial charge in [0, 0.05) is 12.1 Å². The summed E-state index contributed by atoms with van der Waals surface area (Å²) in [6.07, 6.45) is 5.36. The van der Waals surface area contributed by atoms with Gasteiger partial charge in [-0.1, -0.05) is 6.07 Å². The lowest BCUT2D eigenvalue weighted by Crippen LogP contribution is -2.37. The Bertz CT molecular complexity index is 403. The fraction of sp³-hybridized carbons (Fsp3) is 0.600. The van der Waals surface area contributed by atoms with Crippen LogP contribution < -0.4 is 10.1 Å². The first kappa shape index (κ1) is 11.1. The molecule has 0 saturated carbocycles. The van der Waals surface area contributed by atoms with E-state index in [9.17, 15) is 0 Å². The van der Waals surface area contributed by atoms with E-state index in [2.05, 4.69) is 30.4 Å². The molecule has 1 aromatic rings. The van der Waals surface area contributed by atoms with Gasteiger partial charge < -0.3 is 10.1 Å². The summed E-state index contributed by atoms with van der Waals surface area (Å²) in [6.45, 7) is 2.21. The highest BCUT2D eigenvalue weighted by Crippen LogP contribution is 2.38. The Labute approximate surface area is 103 Å². The van der Waals surface area contributed by atoms with Crippen molar-refractivity contribution in [1.29, 1.82) is 0 Å². The minimum absolute atomic E-state index is 0.750. The molecule has 2 unspecified atom stereocenters. The third-order valence-electron chi connectivity index (χ3n) is 4.39. The fourth-order valence-corrected chi connectivity index (χ4v) is 3.54. The summed E-state index contributed by atoms with van der Waals surface area (Å²) in [5.74, 6) is 1.72. The Balaban J connectivity index is 1.84. The van der Waals surface area contributed by atoms with Crippen LogP contribution in [0.5, 0.6) is 5.75 Å². The molecule has 0 radical (unpaired) electrons. The number of aryl methyl sites for hydroxylation is 1. The zero-order valence-corrected chi connectivity index (χ0v) is 10.7. The molecule has 0 spiro atoms. The van der Waals surface area contributed by atoms with E-state index in [-0.39, 0.29) is 0 Å². The molecule has 2 nitrogen and oxygen atoms in total. The number of methoxy groups -OCH3 is 1. The lowest BCUT2D eigenvalue weighted by molar-refractivity contribution is 0.362. The van der Waals surface area contributed by atoms with E-state index in [1.807, 2.05) is 0 Å². The van der Waals surface area contributed by atoms with Crippen LogP contribution in [0.25, 0.3) is 0 Å². The van der Waals surface area contributed by atoms with Crippen LogP contribution in [0.2, 0.25) is 0 Å². The Morgan fingerprint density at radius 3 is 2.47 bits per heavy atom. The van der Waals surface area contributed by atoms with Crippen molar-refractivity contribution in [2.24, 2.45) is 0 Å². The van der Waals surface area contributed by atoms with Crippen molar-refractivity contribution in [2.75, 3.05) is 7.11 Å². The van der Waals surface area contributed by atoms with Gasteiger partial charge >= 0.3 is 0 Å². The number of nitrogens with one attached hydrogen (secondary N) is 1. The Morgan fingerprint density at radius 2 is 1.88 bits per heavy atom. The van der Waals surface area contributed by atoms with Gasteiger partial charge in [0.25, 0.3) is 0 Å². The van der Waals surface area contributed by atoms with Gasteiger partial charge in [-0.15, -0.1) is 0 Å². The maximum absolute atomic E-state index is 5.28. The normalized spacial score (nSPS) is 31.5. The maximum atomic E-state index is 5.28. The first-order valence-corrected chi connectivity index (χ1v) is 6.67. The first-order chi connectivity index (χ1) is 8.26. The van der Waals surface area contributed by atoms with Gasteiger partial charge in [-0.05, 0) is 61.8 Å². The van der Waals surface area contributed by atoms with Crippen molar-refractivity contribution in [2.45, 2.75) is 50.6 Å². The van der Waals surface area contributed by atoms with E-state index in [0.717, 1.165) is 23.8 Å². The summed E-state index contributed by atoms with van der Waals surface area (Å²) >= 11 is 0. The van der Waals surface area contributed by atoms with E-state index in [1.165, 1.54) is 36.8 Å². The van der Waals surface area contributed by atoms with Crippen molar-refractivity contribution >= 4 is 0 Å². The molecule has 3 rings (SSSR count). The average molecular weight is 231 g/mol. The highest BCUT2D eigenvalue weighted by Gasteiger charge is 2.34. The molecule has 1 aromatic carbocycles. The van der Waals surface area contributed by atoms with Gasteiger partial charge in [0.1, 0.15) is 5.75 Å². The summed E-state index contributed by atoms with van der Waals surface area (Å²) in [6, 6.07) is 8.07. The van der Waals surface area contributed by atoms with E-state index in [0.29, 0.717) is 0 Å². The smallest absolute Gasteiger partial charge is 0.119 e. The van der Waals surface area contributed by atoms with Gasteiger partial charge in [0.05, 0.1) is 7.11 Å². The molecule has 92 valence electrons. The van der Waals surface area contributed by atoms with Crippen LogP contribution in [0.15, 0.2) is 18.2 Å². The Kier molecular flexibility index (Phi) is 2.83. The van der Waals surface area contributed by atoms with Crippen LogP contribution in [0.3, 0.4) is 0 Å². The topological polar surface area (TPSA) is 21.3 Å². The Morgan fingerprint density at radius 1 is 1.18 bits per heavy atom. The van der Waals surface area contributed by atoms with E-state index >= 15 is 0 Å². The quantitative estimate of drug-likeness (QED) is 0.845. The number of rotatable bonds is 2. The molecule has 2 bridgehead atoms. The van der Waals surface area contributed by atoms with Crippen molar-refractivity contribution in [3.8, 4) is 5.75 Å². The van der Waals surface area contributed by atoms with Crippen molar-refractivity contribution in [1.82, 2.24) is 5.32 Å². The summed E-state index contributed by atoms with van der Waals surface area (Å²) < 4.78 is 5.28. The summed E-state index contributed by atoms with van der Waals surface area (Å²) in [4.78, 5) is 0. The van der Waals surface area contributed by atoms with Crippen molar-refractivity contribution in [3.63, 3.8) is 0 Å². The zero-order valence-electron chi connectivity index (χ0n) is 10.7. The van der Waals surface area contributed by atoms with Gasteiger partial charge in [0.15, 0.2) is 0 Å². The number of fused-ring (bicyclic) bond motifs is 2. The van der Waals surface area contributed by atoms with Gasteiger partial charge in [-0.3, -0.25) is 0 Å². The van der Waals surface area contributed by atoms with E-state index < -0.39 is 0 Å². The number of benzene rings is 1. The van der Waals surface area contributed by atoms with E-state index in [4.69, 9.17) is 4.74 Å². The van der Waals surface area contributed by atoms with Crippen molar-refractivity contribution < 1.29 is 4.74 Å². The third-order valence-corrected chi connectivity index (χ3v) is 4.39. The molecule has 2 atom stereocenters. The minimum atomic E-state index is 0.750. The van der Waals surface area contributed by atoms with E-state index in [1.54, 1.807) is 7.11 Å². The summed E-state index contributed by atoms with van der Waals surface area (Å²) in [7, 11) is 1.74. The number of piperidine rings is 1. The third kappa shape index (κ3) is 2.06. The standard InChI is InChI=1S/C15H21NO/c1-10-7-14(17-2)5-6-15(10)11-8-12-3-4-13(9-11)16-12/h5-7,11-13,16H,3-4,8-9H2,1-2H3. The van der Waals surface area contributed by atoms with Gasteiger partial charge in [0.2, 0.25) is 0 Å². The summed E-state index contributed by atoms with van der Waals surface area (Å²) in [5.41, 5.74) is 2.92.